The molecule has 0 spiro atoms. The number of hydrogen-bond acceptors (Lipinski definition) is 2. The lowest BCUT2D eigenvalue weighted by atomic mass is 10.7. The Balaban J connectivity index is 3.17. The van der Waals surface area contributed by atoms with Crippen molar-refractivity contribution in [3.05, 3.63) is 22.7 Å². The van der Waals surface area contributed by atoms with Gasteiger partial charge in [0.1, 0.15) is 10.7 Å². The molecule has 0 aliphatic carbocycles. The lowest BCUT2D eigenvalue weighted by Crippen LogP contribution is -1.92. The van der Waals surface area contributed by atoms with E-state index in [2.05, 4.69) is 25.9 Å². The summed E-state index contributed by atoms with van der Waals surface area (Å²) in [6, 6.07) is 0. The van der Waals surface area contributed by atoms with E-state index in [4.69, 9.17) is 0 Å². The normalized spacial score (nSPS) is 9.67. The van der Waals surface area contributed by atoms with Gasteiger partial charge in [-0.15, -0.1) is 0 Å². The molecule has 0 bridgehead atoms. The van der Waals surface area contributed by atoms with Gasteiger partial charge in [0.15, 0.2) is 0 Å². The maximum absolute atomic E-state index is 12.1. The molecule has 0 saturated carbocycles. The zero-order chi connectivity index (χ0) is 6.85. The Bertz CT molecular complexity index is 228. The summed E-state index contributed by atoms with van der Waals surface area (Å²) >= 11 is 2.71. The second kappa shape index (κ2) is 2.34. The molecule has 1 radical (unpaired) electrons. The van der Waals surface area contributed by atoms with Crippen molar-refractivity contribution in [3.63, 3.8) is 0 Å². The van der Waals surface area contributed by atoms with Crippen LogP contribution in [0.5, 0.6) is 0 Å². The quantitative estimate of drug-likeness (QED) is 0.459. The second-order valence-electron chi connectivity index (χ2n) is 1.21. The van der Waals surface area contributed by atoms with Crippen LogP contribution in [0.1, 0.15) is 0 Å². The molecule has 0 aliphatic heterocycles. The molecule has 0 saturated heterocycles. The minimum absolute atomic E-state index is 0.0658. The Labute approximate surface area is 58.1 Å². The molecule has 9 heavy (non-hydrogen) atoms. The van der Waals surface area contributed by atoms with Crippen molar-refractivity contribution in [3.8, 4) is 0 Å². The maximum atomic E-state index is 12.1. The maximum Gasteiger partial charge on any atom is 0.311 e. The van der Waals surface area contributed by atoms with Crippen LogP contribution in [0.15, 0.2) is 4.47 Å². The van der Waals surface area contributed by atoms with Gasteiger partial charge in [-0.3, -0.25) is 0 Å². The molecule has 1 rings (SSSR count). The Morgan fingerprint density at radius 2 is 2.11 bits per heavy atom. The summed E-state index contributed by atoms with van der Waals surface area (Å²) in [6.07, 6.45) is 0.907. The highest BCUT2D eigenvalue weighted by molar-refractivity contribution is 9.10. The summed E-state index contributed by atoms with van der Waals surface area (Å²) in [5.74, 6) is -0.942. The lowest BCUT2D eigenvalue weighted by molar-refractivity contribution is 0.477. The van der Waals surface area contributed by atoms with Crippen molar-refractivity contribution in [2.75, 3.05) is 0 Å². The van der Waals surface area contributed by atoms with Crippen LogP contribution >= 0.6 is 15.9 Å². The molecule has 0 aromatic carbocycles. The van der Waals surface area contributed by atoms with Gasteiger partial charge in [-0.05, 0) is 15.9 Å². The summed E-state index contributed by atoms with van der Waals surface area (Å²) in [5.41, 5.74) is 0. The van der Waals surface area contributed by atoms with Crippen molar-refractivity contribution in [2.24, 2.45) is 0 Å². The van der Waals surface area contributed by atoms with Gasteiger partial charge in [-0.2, -0.15) is 18.7 Å². The average Bonchev–Trinajstić information content (AvgIpc) is 1.80. The monoisotopic (exact) mass is 193 g/mol. The fourth-order valence-corrected chi connectivity index (χ4v) is 0.474. The molecule has 1 aromatic rings. The van der Waals surface area contributed by atoms with E-state index in [9.17, 15) is 8.78 Å². The fraction of sp³-hybridized carbons (Fsp3) is 0. The largest absolute Gasteiger partial charge is 0.311 e. The van der Waals surface area contributed by atoms with Gasteiger partial charge < -0.3 is 0 Å². The number of halogens is 3. The Kier molecular flexibility index (Phi) is 1.70. The standard InChI is InChI=1S/C4BrF2N2/c5-2-1-8-4(7)9-3(2)6. The molecule has 0 atom stereocenters. The van der Waals surface area contributed by atoms with Crippen molar-refractivity contribution in [1.29, 1.82) is 0 Å². The lowest BCUT2D eigenvalue weighted by Gasteiger charge is -1.87. The van der Waals surface area contributed by atoms with Gasteiger partial charge in [0, 0.05) is 0 Å². The topological polar surface area (TPSA) is 25.8 Å². The third kappa shape index (κ3) is 1.41. The van der Waals surface area contributed by atoms with Crippen LogP contribution in [0.2, 0.25) is 0 Å². The van der Waals surface area contributed by atoms with Crippen molar-refractivity contribution in [1.82, 2.24) is 9.97 Å². The number of aromatic nitrogens is 2. The predicted molar refractivity (Wildman–Crippen MR) is 28.5 cm³/mol. The van der Waals surface area contributed by atoms with E-state index in [0.717, 1.165) is 0 Å². The molecule has 0 N–H and O–H groups in total. The summed E-state index contributed by atoms with van der Waals surface area (Å²) < 4.78 is 23.9. The Hall–Kier alpha value is -0.580. The first-order valence-corrected chi connectivity index (χ1v) is 2.75. The number of nitrogens with zero attached hydrogens (tertiary/aromatic N) is 2. The second-order valence-corrected chi connectivity index (χ2v) is 2.00. The number of rotatable bonds is 0. The van der Waals surface area contributed by atoms with E-state index in [-0.39, 0.29) is 4.47 Å². The van der Waals surface area contributed by atoms with Gasteiger partial charge in [0.25, 0.3) is 0 Å². The molecule has 2 nitrogen and oxygen atoms in total. The van der Waals surface area contributed by atoms with E-state index >= 15 is 0 Å². The zero-order valence-electron chi connectivity index (χ0n) is 4.03. The van der Waals surface area contributed by atoms with Crippen molar-refractivity contribution < 1.29 is 8.78 Å². The van der Waals surface area contributed by atoms with Crippen LogP contribution < -0.4 is 0 Å². The fourth-order valence-electron chi connectivity index (χ4n) is 0.296. The van der Waals surface area contributed by atoms with Gasteiger partial charge in [-0.1, -0.05) is 0 Å². The first-order chi connectivity index (χ1) is 4.20. The SMILES string of the molecule is Fc1n[c]c(Br)c(F)n1. The van der Waals surface area contributed by atoms with Crippen LogP contribution in [0, 0.1) is 18.2 Å². The first-order valence-electron chi connectivity index (χ1n) is 1.96. The van der Waals surface area contributed by atoms with E-state index < -0.39 is 12.0 Å². The molecule has 0 unspecified atom stereocenters. The van der Waals surface area contributed by atoms with Gasteiger partial charge in [0.2, 0.25) is 5.95 Å². The van der Waals surface area contributed by atoms with E-state index in [1.54, 1.807) is 0 Å². The molecule has 5 heteroatoms. The van der Waals surface area contributed by atoms with Crippen LogP contribution in [0.25, 0.3) is 0 Å². The summed E-state index contributed by atoms with van der Waals surface area (Å²) in [7, 11) is 0. The summed E-state index contributed by atoms with van der Waals surface area (Å²) in [4.78, 5) is 5.70. The summed E-state index contributed by atoms with van der Waals surface area (Å²) in [5, 5.41) is 0. The molecular weight excluding hydrogens is 194 g/mol. The van der Waals surface area contributed by atoms with Gasteiger partial charge >= 0.3 is 6.08 Å². The van der Waals surface area contributed by atoms with Crippen LogP contribution in [-0.2, 0) is 0 Å². The Morgan fingerprint density at radius 3 is 2.56 bits per heavy atom. The molecule has 1 heterocycles. The van der Waals surface area contributed by atoms with Gasteiger partial charge in [0.05, 0.1) is 0 Å². The van der Waals surface area contributed by atoms with E-state index in [0.29, 0.717) is 0 Å². The average molecular weight is 194 g/mol. The Morgan fingerprint density at radius 1 is 1.44 bits per heavy atom. The predicted octanol–water partition coefficient (Wildman–Crippen LogP) is 1.32. The minimum atomic E-state index is -1.12. The van der Waals surface area contributed by atoms with Crippen molar-refractivity contribution in [2.45, 2.75) is 0 Å². The molecule has 0 aliphatic rings. The van der Waals surface area contributed by atoms with Crippen LogP contribution in [0.4, 0.5) is 8.78 Å². The highest BCUT2D eigenvalue weighted by atomic mass is 79.9. The van der Waals surface area contributed by atoms with E-state index in [1.807, 2.05) is 6.20 Å². The van der Waals surface area contributed by atoms with Gasteiger partial charge in [-0.25, -0.2) is 0 Å². The number of hydrogen-bond donors (Lipinski definition) is 0. The van der Waals surface area contributed by atoms with E-state index in [1.165, 1.54) is 0 Å². The zero-order valence-corrected chi connectivity index (χ0v) is 5.61. The third-order valence-corrected chi connectivity index (χ3v) is 1.12. The molecular formula is C4BrF2N2. The highest BCUT2D eigenvalue weighted by Gasteiger charge is 2.01. The molecule has 0 amide bonds. The first kappa shape index (κ1) is 6.54. The van der Waals surface area contributed by atoms with Crippen molar-refractivity contribution >= 4 is 15.9 Å². The highest BCUT2D eigenvalue weighted by Crippen LogP contribution is 2.08. The van der Waals surface area contributed by atoms with Crippen LogP contribution in [-0.4, -0.2) is 9.97 Å². The van der Waals surface area contributed by atoms with Crippen LogP contribution in [0.3, 0.4) is 0 Å². The minimum Gasteiger partial charge on any atom is -0.199 e. The smallest absolute Gasteiger partial charge is 0.199 e. The molecule has 47 valence electrons. The molecule has 0 fully saturated rings. The third-order valence-electron chi connectivity index (χ3n) is 0.618. The molecule has 1 aromatic heterocycles. The summed E-state index contributed by atoms with van der Waals surface area (Å²) in [6.45, 7) is 0.